The number of aliphatic hydroxyl groups excluding tert-OH is 1. The molecule has 1 rings (SSSR count). The average Bonchev–Trinajstić information content (AvgIpc) is 2.16. The molecule has 0 saturated heterocycles. The molecule has 1 atom stereocenters. The molecule has 15 heavy (non-hydrogen) atoms. The number of hydrogen-bond donors (Lipinski definition) is 1. The molecule has 0 fully saturated rings. The molecule has 0 aliphatic heterocycles. The maximum atomic E-state index is 9.90. The van der Waals surface area contributed by atoms with Crippen LogP contribution in [-0.2, 0) is 0 Å². The fourth-order valence-corrected chi connectivity index (χ4v) is 1.62. The molecule has 0 spiro atoms. The highest BCUT2D eigenvalue weighted by molar-refractivity contribution is 5.22. The first-order valence-corrected chi connectivity index (χ1v) is 5.20. The Morgan fingerprint density at radius 2 is 2.00 bits per heavy atom. The summed E-state index contributed by atoms with van der Waals surface area (Å²) in [6, 6.07) is 3.85. The Hall–Kier alpha value is -1.33. The highest BCUT2D eigenvalue weighted by Crippen LogP contribution is 2.20. The lowest BCUT2D eigenvalue weighted by atomic mass is 10.0. The van der Waals surface area contributed by atoms with Gasteiger partial charge in [-0.15, -0.1) is 12.3 Å². The number of rotatable bonds is 4. The maximum Gasteiger partial charge on any atom is 0.0791 e. The first kappa shape index (κ1) is 11.7. The average molecular weight is 203 g/mol. The fraction of sp³-hybridized carbons (Fsp3) is 0.462. The largest absolute Gasteiger partial charge is 0.388 e. The van der Waals surface area contributed by atoms with E-state index in [-0.39, 0.29) is 0 Å². The van der Waals surface area contributed by atoms with Crippen molar-refractivity contribution in [3.05, 3.63) is 29.1 Å². The van der Waals surface area contributed by atoms with Crippen LogP contribution in [0.2, 0.25) is 0 Å². The van der Waals surface area contributed by atoms with Gasteiger partial charge in [-0.05, 0) is 44.4 Å². The third kappa shape index (κ3) is 3.73. The van der Waals surface area contributed by atoms with Crippen molar-refractivity contribution >= 4 is 0 Å². The lowest BCUT2D eigenvalue weighted by molar-refractivity contribution is 0.165. The van der Waals surface area contributed by atoms with Crippen molar-refractivity contribution in [2.45, 2.75) is 39.2 Å². The van der Waals surface area contributed by atoms with Gasteiger partial charge in [0.15, 0.2) is 0 Å². The van der Waals surface area contributed by atoms with Crippen molar-refractivity contribution in [2.24, 2.45) is 0 Å². The zero-order valence-corrected chi connectivity index (χ0v) is 9.33. The summed E-state index contributed by atoms with van der Waals surface area (Å²) in [7, 11) is 0. The van der Waals surface area contributed by atoms with Crippen molar-refractivity contribution in [1.82, 2.24) is 4.98 Å². The van der Waals surface area contributed by atoms with Crippen LogP contribution in [0, 0.1) is 26.2 Å². The molecule has 0 aliphatic carbocycles. The van der Waals surface area contributed by atoms with Gasteiger partial charge in [0.1, 0.15) is 0 Å². The molecule has 1 heterocycles. The third-order valence-electron chi connectivity index (χ3n) is 2.29. The minimum Gasteiger partial charge on any atom is -0.388 e. The molecule has 1 N–H and O–H groups in total. The van der Waals surface area contributed by atoms with E-state index in [1.54, 1.807) is 0 Å². The third-order valence-corrected chi connectivity index (χ3v) is 2.29. The number of aromatic nitrogens is 1. The Labute approximate surface area is 91.4 Å². The standard InChI is InChI=1S/C13H17NO/c1-4-5-6-7-13(15)12-8-10(2)14-11(3)9-12/h1,8-9,13,15H,5-7H2,2-3H3. The highest BCUT2D eigenvalue weighted by Gasteiger charge is 2.08. The second-order valence-electron chi connectivity index (χ2n) is 3.80. The molecule has 1 aromatic heterocycles. The molecular weight excluding hydrogens is 186 g/mol. The summed E-state index contributed by atoms with van der Waals surface area (Å²) in [5, 5.41) is 9.90. The number of nitrogens with zero attached hydrogens (tertiary/aromatic N) is 1. The minimum absolute atomic E-state index is 0.418. The molecule has 0 amide bonds. The van der Waals surface area contributed by atoms with E-state index < -0.39 is 6.10 Å². The quantitative estimate of drug-likeness (QED) is 0.602. The van der Waals surface area contributed by atoms with Crippen molar-refractivity contribution < 1.29 is 5.11 Å². The molecule has 1 aromatic rings. The van der Waals surface area contributed by atoms with Gasteiger partial charge < -0.3 is 5.11 Å². The molecule has 0 aliphatic rings. The number of hydrogen-bond acceptors (Lipinski definition) is 2. The van der Waals surface area contributed by atoms with Gasteiger partial charge in [0.05, 0.1) is 6.10 Å². The van der Waals surface area contributed by atoms with Gasteiger partial charge in [-0.25, -0.2) is 0 Å². The van der Waals surface area contributed by atoms with E-state index in [0.717, 1.165) is 29.8 Å². The Morgan fingerprint density at radius 1 is 1.40 bits per heavy atom. The molecule has 0 bridgehead atoms. The number of pyridine rings is 1. The summed E-state index contributed by atoms with van der Waals surface area (Å²) in [4.78, 5) is 4.27. The molecule has 1 unspecified atom stereocenters. The van der Waals surface area contributed by atoms with E-state index in [4.69, 9.17) is 6.42 Å². The SMILES string of the molecule is C#CCCCC(O)c1cc(C)nc(C)c1. The minimum atomic E-state index is -0.418. The summed E-state index contributed by atoms with van der Waals surface area (Å²) in [6.07, 6.45) is 7.04. The van der Waals surface area contributed by atoms with Gasteiger partial charge in [-0.1, -0.05) is 0 Å². The molecule has 2 nitrogen and oxygen atoms in total. The second kappa shape index (κ2) is 5.53. The second-order valence-corrected chi connectivity index (χ2v) is 3.80. The number of terminal acetylenes is 1. The predicted molar refractivity (Wildman–Crippen MR) is 61.4 cm³/mol. The Morgan fingerprint density at radius 3 is 2.53 bits per heavy atom. The number of aliphatic hydroxyl groups is 1. The van der Waals surface area contributed by atoms with Gasteiger partial charge in [0, 0.05) is 17.8 Å². The lowest BCUT2D eigenvalue weighted by Gasteiger charge is -2.11. The van der Waals surface area contributed by atoms with E-state index in [9.17, 15) is 5.11 Å². The van der Waals surface area contributed by atoms with Crippen molar-refractivity contribution in [3.63, 3.8) is 0 Å². The highest BCUT2D eigenvalue weighted by atomic mass is 16.3. The van der Waals surface area contributed by atoms with E-state index >= 15 is 0 Å². The summed E-state index contributed by atoms with van der Waals surface area (Å²) in [6.45, 7) is 3.87. The van der Waals surface area contributed by atoms with Crippen LogP contribution >= 0.6 is 0 Å². The first-order valence-electron chi connectivity index (χ1n) is 5.20. The van der Waals surface area contributed by atoms with Crippen LogP contribution in [0.15, 0.2) is 12.1 Å². The topological polar surface area (TPSA) is 33.1 Å². The summed E-state index contributed by atoms with van der Waals surface area (Å²) in [5.74, 6) is 2.57. The van der Waals surface area contributed by atoms with E-state index in [0.29, 0.717) is 6.42 Å². The zero-order valence-electron chi connectivity index (χ0n) is 9.33. The number of unbranched alkanes of at least 4 members (excludes halogenated alkanes) is 1. The monoisotopic (exact) mass is 203 g/mol. The van der Waals surface area contributed by atoms with Gasteiger partial charge in [0.25, 0.3) is 0 Å². The van der Waals surface area contributed by atoms with Crippen LogP contribution in [0.3, 0.4) is 0 Å². The first-order chi connectivity index (χ1) is 7.13. The smallest absolute Gasteiger partial charge is 0.0791 e. The Kier molecular flexibility index (Phi) is 4.33. The van der Waals surface area contributed by atoms with Crippen LogP contribution in [-0.4, -0.2) is 10.1 Å². The molecule has 0 radical (unpaired) electrons. The van der Waals surface area contributed by atoms with Gasteiger partial charge in [-0.3, -0.25) is 4.98 Å². The van der Waals surface area contributed by atoms with E-state index in [2.05, 4.69) is 10.9 Å². The van der Waals surface area contributed by atoms with Crippen LogP contribution in [0.25, 0.3) is 0 Å². The lowest BCUT2D eigenvalue weighted by Crippen LogP contribution is -2.00. The maximum absolute atomic E-state index is 9.90. The Bertz CT molecular complexity index is 345. The molecular formula is C13H17NO. The van der Waals surface area contributed by atoms with Gasteiger partial charge in [0.2, 0.25) is 0 Å². The molecule has 2 heteroatoms. The predicted octanol–water partition coefficient (Wildman–Crippen LogP) is 2.54. The van der Waals surface area contributed by atoms with Gasteiger partial charge in [-0.2, -0.15) is 0 Å². The van der Waals surface area contributed by atoms with Crippen molar-refractivity contribution in [2.75, 3.05) is 0 Å². The Balaban J connectivity index is 2.65. The summed E-state index contributed by atoms with van der Waals surface area (Å²) < 4.78 is 0. The molecule has 0 saturated carbocycles. The van der Waals surface area contributed by atoms with E-state index in [1.165, 1.54) is 0 Å². The van der Waals surface area contributed by atoms with Crippen molar-refractivity contribution in [1.29, 1.82) is 0 Å². The zero-order chi connectivity index (χ0) is 11.3. The fourth-order valence-electron chi connectivity index (χ4n) is 1.62. The van der Waals surface area contributed by atoms with E-state index in [1.807, 2.05) is 26.0 Å². The van der Waals surface area contributed by atoms with Gasteiger partial charge >= 0.3 is 0 Å². The molecule has 0 aromatic carbocycles. The van der Waals surface area contributed by atoms with Crippen LogP contribution in [0.1, 0.15) is 42.3 Å². The van der Waals surface area contributed by atoms with Crippen LogP contribution in [0.4, 0.5) is 0 Å². The van der Waals surface area contributed by atoms with Crippen LogP contribution in [0.5, 0.6) is 0 Å². The summed E-state index contributed by atoms with van der Waals surface area (Å²) >= 11 is 0. The normalized spacial score (nSPS) is 12.1. The summed E-state index contributed by atoms with van der Waals surface area (Å²) in [5.41, 5.74) is 2.83. The van der Waals surface area contributed by atoms with Crippen LogP contribution < -0.4 is 0 Å². The molecule has 80 valence electrons. The number of aryl methyl sites for hydroxylation is 2. The van der Waals surface area contributed by atoms with Crippen molar-refractivity contribution in [3.8, 4) is 12.3 Å².